The van der Waals surface area contributed by atoms with E-state index in [1.165, 1.54) is 11.8 Å². The van der Waals surface area contributed by atoms with E-state index in [4.69, 9.17) is 9.84 Å². The van der Waals surface area contributed by atoms with Crippen molar-refractivity contribution in [3.05, 3.63) is 29.8 Å². The first-order chi connectivity index (χ1) is 12.3. The van der Waals surface area contributed by atoms with Crippen molar-refractivity contribution in [3.63, 3.8) is 0 Å². The van der Waals surface area contributed by atoms with Crippen LogP contribution in [0.3, 0.4) is 0 Å². The van der Waals surface area contributed by atoms with E-state index in [0.29, 0.717) is 5.17 Å². The number of rotatable bonds is 5. The number of nitrogens with zero attached hydrogens (tertiary/aromatic N) is 2. The van der Waals surface area contributed by atoms with Gasteiger partial charge in [0.1, 0.15) is 13.2 Å². The van der Waals surface area contributed by atoms with Crippen LogP contribution in [-0.4, -0.2) is 66.6 Å². The highest BCUT2D eigenvalue weighted by Crippen LogP contribution is 2.41. The molecule has 0 spiro atoms. The predicted molar refractivity (Wildman–Crippen MR) is 98.4 cm³/mol. The van der Waals surface area contributed by atoms with E-state index in [-0.39, 0.29) is 22.8 Å². The van der Waals surface area contributed by atoms with Gasteiger partial charge in [0.05, 0.1) is 17.5 Å². The van der Waals surface area contributed by atoms with E-state index in [1.807, 2.05) is 36.1 Å². The normalized spacial score (nSPS) is 25.4. The van der Waals surface area contributed by atoms with Gasteiger partial charge in [-0.15, -0.1) is 0 Å². The minimum absolute atomic E-state index is 0.0156. The van der Waals surface area contributed by atoms with E-state index in [1.54, 1.807) is 0 Å². The predicted octanol–water partition coefficient (Wildman–Crippen LogP) is 0.698. The molecule has 0 aliphatic carbocycles. The minimum atomic E-state index is -3.13. The van der Waals surface area contributed by atoms with Crippen LogP contribution in [0.1, 0.15) is 5.56 Å². The first-order valence-electron chi connectivity index (χ1n) is 7.90. The summed E-state index contributed by atoms with van der Waals surface area (Å²) >= 11 is 1.27. The third-order valence-electron chi connectivity index (χ3n) is 4.11. The Kier molecular flexibility index (Phi) is 5.35. The number of anilines is 1. The van der Waals surface area contributed by atoms with Crippen LogP contribution in [0.2, 0.25) is 0 Å². The molecule has 26 heavy (non-hydrogen) atoms. The molecule has 3 rings (SSSR count). The molecule has 0 bridgehead atoms. The SMILES string of the molecule is Cc1ccccc1N1C(=NC(=O)COCC(=O)O)S[C@@H]2CS(=O)(=O)C[C@H]21. The molecule has 1 N–H and O–H groups in total. The van der Waals surface area contributed by atoms with E-state index >= 15 is 0 Å². The lowest BCUT2D eigenvalue weighted by Gasteiger charge is -2.26. The Balaban J connectivity index is 1.87. The summed E-state index contributed by atoms with van der Waals surface area (Å²) in [6, 6.07) is 7.22. The lowest BCUT2D eigenvalue weighted by atomic mass is 10.1. The summed E-state index contributed by atoms with van der Waals surface area (Å²) < 4.78 is 28.8. The zero-order chi connectivity index (χ0) is 18.9. The molecule has 0 radical (unpaired) electrons. The van der Waals surface area contributed by atoms with E-state index in [2.05, 4.69) is 4.99 Å². The van der Waals surface area contributed by atoms with Gasteiger partial charge < -0.3 is 14.7 Å². The summed E-state index contributed by atoms with van der Waals surface area (Å²) in [7, 11) is -3.13. The van der Waals surface area contributed by atoms with Crippen LogP contribution >= 0.6 is 11.8 Å². The molecule has 1 aromatic rings. The number of amidine groups is 1. The average Bonchev–Trinajstić information content (AvgIpc) is 2.98. The van der Waals surface area contributed by atoms with Gasteiger partial charge in [-0.3, -0.25) is 4.79 Å². The number of fused-ring (bicyclic) bond motifs is 1. The Morgan fingerprint density at radius 1 is 1.31 bits per heavy atom. The number of carbonyl (C=O) groups is 2. The zero-order valence-electron chi connectivity index (χ0n) is 14.0. The Morgan fingerprint density at radius 3 is 2.73 bits per heavy atom. The number of benzene rings is 1. The molecule has 1 amide bonds. The number of aliphatic carboxylic acids is 1. The lowest BCUT2D eigenvalue weighted by Crippen LogP contribution is -2.38. The molecule has 2 heterocycles. The van der Waals surface area contributed by atoms with Crippen LogP contribution in [0.25, 0.3) is 0 Å². The maximum Gasteiger partial charge on any atom is 0.329 e. The van der Waals surface area contributed by atoms with Crippen LogP contribution in [0.5, 0.6) is 0 Å². The van der Waals surface area contributed by atoms with Crippen molar-refractivity contribution in [1.29, 1.82) is 0 Å². The Bertz CT molecular complexity index is 867. The van der Waals surface area contributed by atoms with Crippen LogP contribution in [0.4, 0.5) is 5.69 Å². The fraction of sp³-hybridized carbons (Fsp3) is 0.438. The van der Waals surface area contributed by atoms with Crippen molar-refractivity contribution in [3.8, 4) is 0 Å². The van der Waals surface area contributed by atoms with Gasteiger partial charge in [0.2, 0.25) is 0 Å². The van der Waals surface area contributed by atoms with Crippen LogP contribution in [0.15, 0.2) is 29.3 Å². The molecule has 2 fully saturated rings. The number of amides is 1. The molecular formula is C16H18N2O6S2. The second-order valence-corrected chi connectivity index (χ2v) is 9.49. The van der Waals surface area contributed by atoms with E-state index < -0.39 is 34.9 Å². The number of carbonyl (C=O) groups excluding carboxylic acids is 1. The Labute approximate surface area is 155 Å². The highest BCUT2D eigenvalue weighted by molar-refractivity contribution is 8.16. The van der Waals surface area contributed by atoms with Crippen LogP contribution in [-0.2, 0) is 24.2 Å². The fourth-order valence-corrected chi connectivity index (χ4v) is 6.97. The molecule has 2 aliphatic heterocycles. The monoisotopic (exact) mass is 398 g/mol. The first kappa shape index (κ1) is 18.9. The standard InChI is InChI=1S/C16H18N2O6S2/c1-10-4-2-3-5-11(10)18-12-8-26(22,23)9-13(12)25-16(18)17-14(19)6-24-7-15(20)21/h2-5,12-13H,6-9H2,1H3,(H,20,21)/t12-,13-/m1/s1. The molecule has 1 aromatic carbocycles. The van der Waals surface area contributed by atoms with Crippen LogP contribution < -0.4 is 4.90 Å². The number of para-hydroxylation sites is 1. The number of carboxylic acid groups (broad SMARTS) is 1. The van der Waals surface area contributed by atoms with Gasteiger partial charge in [0, 0.05) is 10.9 Å². The molecule has 10 heteroatoms. The van der Waals surface area contributed by atoms with Crippen molar-refractivity contribution >= 4 is 44.3 Å². The molecule has 0 aromatic heterocycles. The second-order valence-electron chi connectivity index (χ2n) is 6.13. The maximum atomic E-state index is 12.0. The topological polar surface area (TPSA) is 113 Å². The number of aliphatic imine (C=N–C) groups is 1. The summed E-state index contributed by atoms with van der Waals surface area (Å²) in [6.45, 7) is 0.895. The van der Waals surface area contributed by atoms with Gasteiger partial charge in [-0.1, -0.05) is 30.0 Å². The van der Waals surface area contributed by atoms with Gasteiger partial charge in [0.15, 0.2) is 15.0 Å². The number of ether oxygens (including phenoxy) is 1. The third kappa shape index (κ3) is 4.08. The molecule has 2 atom stereocenters. The minimum Gasteiger partial charge on any atom is -0.480 e. The number of hydrogen-bond acceptors (Lipinski definition) is 6. The average molecular weight is 398 g/mol. The van der Waals surface area contributed by atoms with Gasteiger partial charge >= 0.3 is 5.97 Å². The number of thioether (sulfide) groups is 1. The van der Waals surface area contributed by atoms with Crippen molar-refractivity contribution < 1.29 is 27.9 Å². The van der Waals surface area contributed by atoms with Gasteiger partial charge in [-0.25, -0.2) is 13.2 Å². The molecule has 0 unspecified atom stereocenters. The molecular weight excluding hydrogens is 380 g/mol. The number of hydrogen-bond donors (Lipinski definition) is 1. The highest BCUT2D eigenvalue weighted by Gasteiger charge is 2.49. The summed E-state index contributed by atoms with van der Waals surface area (Å²) in [5.74, 6) is -1.70. The van der Waals surface area contributed by atoms with Gasteiger partial charge in [-0.05, 0) is 18.6 Å². The maximum absolute atomic E-state index is 12.0. The largest absolute Gasteiger partial charge is 0.480 e. The highest BCUT2D eigenvalue weighted by atomic mass is 32.2. The Hall–Kier alpha value is -1.91. The summed E-state index contributed by atoms with van der Waals surface area (Å²) in [5.41, 5.74) is 1.75. The fourth-order valence-electron chi connectivity index (χ4n) is 3.04. The smallest absolute Gasteiger partial charge is 0.329 e. The van der Waals surface area contributed by atoms with Gasteiger partial charge in [0.25, 0.3) is 5.91 Å². The molecule has 8 nitrogen and oxygen atoms in total. The van der Waals surface area contributed by atoms with Crippen molar-refractivity contribution in [1.82, 2.24) is 0 Å². The molecule has 140 valence electrons. The summed E-state index contributed by atoms with van der Waals surface area (Å²) in [4.78, 5) is 28.3. The molecule has 2 saturated heterocycles. The lowest BCUT2D eigenvalue weighted by molar-refractivity contribution is -0.143. The molecule has 0 saturated carbocycles. The number of sulfone groups is 1. The number of carboxylic acids is 1. The van der Waals surface area contributed by atoms with Crippen molar-refractivity contribution in [2.75, 3.05) is 29.6 Å². The van der Waals surface area contributed by atoms with E-state index in [9.17, 15) is 18.0 Å². The zero-order valence-corrected chi connectivity index (χ0v) is 15.6. The molecule has 2 aliphatic rings. The third-order valence-corrected chi connectivity index (χ3v) is 7.32. The Morgan fingerprint density at radius 2 is 2.04 bits per heavy atom. The second kappa shape index (κ2) is 7.37. The van der Waals surface area contributed by atoms with Crippen molar-refractivity contribution in [2.45, 2.75) is 18.2 Å². The van der Waals surface area contributed by atoms with E-state index in [0.717, 1.165) is 11.3 Å². The van der Waals surface area contributed by atoms with Gasteiger partial charge in [-0.2, -0.15) is 4.99 Å². The summed E-state index contributed by atoms with van der Waals surface area (Å²) in [5, 5.41) is 8.78. The summed E-state index contributed by atoms with van der Waals surface area (Å²) in [6.07, 6.45) is 0. The van der Waals surface area contributed by atoms with Crippen LogP contribution in [0, 0.1) is 6.92 Å². The quantitative estimate of drug-likeness (QED) is 0.771. The first-order valence-corrected chi connectivity index (χ1v) is 10.6. The van der Waals surface area contributed by atoms with Crippen molar-refractivity contribution in [2.24, 2.45) is 4.99 Å². The number of aryl methyl sites for hydroxylation is 1.